The number of benzene rings is 2. The van der Waals surface area contributed by atoms with E-state index in [1.54, 1.807) is 32.2 Å². The Kier molecular flexibility index (Phi) is 4.85. The third-order valence-electron chi connectivity index (χ3n) is 4.95. The Morgan fingerprint density at radius 1 is 1.29 bits per heavy atom. The molecule has 1 heterocycles. The van der Waals surface area contributed by atoms with E-state index in [4.69, 9.17) is 0 Å². The van der Waals surface area contributed by atoms with Crippen LogP contribution < -0.4 is 4.72 Å². The lowest BCUT2D eigenvalue weighted by molar-refractivity contribution is 0.597. The van der Waals surface area contributed by atoms with Crippen molar-refractivity contribution >= 4 is 49.2 Å². The summed E-state index contributed by atoms with van der Waals surface area (Å²) in [5, 5.41) is 4.31. The second-order valence-corrected chi connectivity index (χ2v) is 10.3. The Balaban J connectivity index is 1.89. The molecule has 0 radical (unpaired) electrons. The third kappa shape index (κ3) is 3.49. The minimum absolute atomic E-state index is 0.0721. The smallest absolute Gasteiger partial charge is 0.235 e. The lowest BCUT2D eigenvalue weighted by atomic mass is 10.00. The molecule has 4 rings (SSSR count). The van der Waals surface area contributed by atoms with Crippen molar-refractivity contribution in [2.75, 3.05) is 4.72 Å². The van der Waals surface area contributed by atoms with Gasteiger partial charge in [0.05, 0.1) is 16.6 Å². The van der Waals surface area contributed by atoms with Crippen LogP contribution in [0.3, 0.4) is 0 Å². The number of halogens is 3. The van der Waals surface area contributed by atoms with Crippen LogP contribution in [0.15, 0.2) is 24.3 Å². The summed E-state index contributed by atoms with van der Waals surface area (Å²) in [6.07, 6.45) is 1.11. The van der Waals surface area contributed by atoms with Crippen molar-refractivity contribution in [1.82, 2.24) is 9.78 Å². The lowest BCUT2D eigenvalue weighted by Gasteiger charge is -2.15. The van der Waals surface area contributed by atoms with Crippen LogP contribution in [0.2, 0.25) is 0 Å². The van der Waals surface area contributed by atoms with Crippen LogP contribution in [0.5, 0.6) is 0 Å². The van der Waals surface area contributed by atoms with Gasteiger partial charge in [-0.15, -0.1) is 0 Å². The molecule has 1 fully saturated rings. The van der Waals surface area contributed by atoms with E-state index in [0.717, 1.165) is 3.57 Å². The van der Waals surface area contributed by atoms with Gasteiger partial charge in [0.25, 0.3) is 0 Å². The molecule has 0 bridgehead atoms. The number of fused-ring (bicyclic) bond motifs is 1. The summed E-state index contributed by atoms with van der Waals surface area (Å²) in [7, 11) is -1.98. The molecule has 2 aromatic carbocycles. The second kappa shape index (κ2) is 6.94. The van der Waals surface area contributed by atoms with Gasteiger partial charge in [0.15, 0.2) is 5.82 Å². The molecular formula is C19H18F2IN3O2S. The molecule has 0 spiro atoms. The minimum atomic E-state index is -3.60. The van der Waals surface area contributed by atoms with Gasteiger partial charge in [0.1, 0.15) is 11.3 Å². The van der Waals surface area contributed by atoms with Crippen molar-refractivity contribution in [2.24, 2.45) is 7.05 Å². The number of aryl methyl sites for hydroxylation is 2. The number of rotatable bonds is 5. The highest BCUT2D eigenvalue weighted by molar-refractivity contribution is 14.1. The van der Waals surface area contributed by atoms with Crippen LogP contribution in [-0.2, 0) is 23.5 Å². The fourth-order valence-electron chi connectivity index (χ4n) is 3.33. The van der Waals surface area contributed by atoms with Gasteiger partial charge in [-0.2, -0.15) is 5.10 Å². The van der Waals surface area contributed by atoms with E-state index >= 15 is 4.39 Å². The summed E-state index contributed by atoms with van der Waals surface area (Å²) in [6, 6.07) is 6.29. The van der Waals surface area contributed by atoms with Crippen LogP contribution in [0.25, 0.3) is 10.9 Å². The molecular weight excluding hydrogens is 499 g/mol. The molecule has 0 atom stereocenters. The summed E-state index contributed by atoms with van der Waals surface area (Å²) in [5.74, 6) is -1.05. The normalized spacial score (nSPS) is 14.6. The first-order valence-corrected chi connectivity index (χ1v) is 11.4. The van der Waals surface area contributed by atoms with Crippen molar-refractivity contribution in [3.05, 3.63) is 56.3 Å². The molecule has 0 aliphatic heterocycles. The Morgan fingerprint density at radius 2 is 2.00 bits per heavy atom. The van der Waals surface area contributed by atoms with E-state index in [-0.39, 0.29) is 23.2 Å². The number of nitrogens with one attached hydrogen (secondary N) is 1. The fraction of sp³-hybridized carbons (Fsp3) is 0.316. The predicted molar refractivity (Wildman–Crippen MR) is 113 cm³/mol. The fourth-order valence-corrected chi connectivity index (χ4v) is 5.20. The first-order chi connectivity index (χ1) is 13.2. The zero-order valence-corrected chi connectivity index (χ0v) is 18.2. The molecule has 5 nitrogen and oxygen atoms in total. The first kappa shape index (κ1) is 19.6. The molecule has 148 valence electrons. The van der Waals surface area contributed by atoms with Crippen LogP contribution in [-0.4, -0.2) is 23.4 Å². The quantitative estimate of drug-likeness (QED) is 0.515. The highest BCUT2D eigenvalue weighted by Crippen LogP contribution is 2.35. The van der Waals surface area contributed by atoms with Gasteiger partial charge in [-0.3, -0.25) is 9.40 Å². The maximum absolute atomic E-state index is 15.5. The van der Waals surface area contributed by atoms with Crippen LogP contribution >= 0.6 is 22.6 Å². The van der Waals surface area contributed by atoms with Crippen LogP contribution in [0, 0.1) is 22.1 Å². The zero-order chi connectivity index (χ0) is 20.2. The number of nitrogens with zero attached hydrogens (tertiary/aromatic N) is 2. The maximum Gasteiger partial charge on any atom is 0.235 e. The van der Waals surface area contributed by atoms with Crippen molar-refractivity contribution in [1.29, 1.82) is 0 Å². The molecule has 1 aromatic heterocycles. The van der Waals surface area contributed by atoms with Gasteiger partial charge in [-0.05, 0) is 66.1 Å². The van der Waals surface area contributed by atoms with Gasteiger partial charge in [0.2, 0.25) is 10.0 Å². The Hall–Kier alpha value is -1.75. The second-order valence-electron chi connectivity index (χ2n) is 7.08. The summed E-state index contributed by atoms with van der Waals surface area (Å²) >= 11 is 2.00. The van der Waals surface area contributed by atoms with Gasteiger partial charge < -0.3 is 0 Å². The van der Waals surface area contributed by atoms with Crippen molar-refractivity contribution in [3.63, 3.8) is 0 Å². The Morgan fingerprint density at radius 3 is 2.64 bits per heavy atom. The van der Waals surface area contributed by atoms with Gasteiger partial charge >= 0.3 is 0 Å². The SMILES string of the molecule is Cc1nn(C)c2c(F)c(Cc3ccc(I)cc3F)c(NS(=O)(=O)C3CC3)cc12. The van der Waals surface area contributed by atoms with Gasteiger partial charge in [0, 0.05) is 28.0 Å². The third-order valence-corrected chi connectivity index (χ3v) is 7.48. The average molecular weight is 517 g/mol. The standard InChI is InChI=1S/C19H18F2IN3O2S/c1-10-14-9-17(24-28(26,27)13-5-6-13)15(18(21)19(14)25(2)23-10)7-11-3-4-12(22)8-16(11)20/h3-4,8-9,13,24H,5-7H2,1-2H3. The number of aromatic nitrogens is 2. The largest absolute Gasteiger partial charge is 0.283 e. The highest BCUT2D eigenvalue weighted by Gasteiger charge is 2.36. The lowest BCUT2D eigenvalue weighted by Crippen LogP contribution is -2.19. The number of anilines is 1. The van der Waals surface area contributed by atoms with Crippen molar-refractivity contribution < 1.29 is 17.2 Å². The molecule has 9 heteroatoms. The first-order valence-electron chi connectivity index (χ1n) is 8.77. The Labute approximate surface area is 175 Å². The van der Waals surface area contributed by atoms with E-state index in [1.165, 1.54) is 10.7 Å². The zero-order valence-electron chi connectivity index (χ0n) is 15.3. The maximum atomic E-state index is 15.5. The number of hydrogen-bond donors (Lipinski definition) is 1. The monoisotopic (exact) mass is 517 g/mol. The topological polar surface area (TPSA) is 64.0 Å². The van der Waals surface area contributed by atoms with Crippen LogP contribution in [0.1, 0.15) is 29.7 Å². The van der Waals surface area contributed by atoms with E-state index < -0.39 is 26.9 Å². The molecule has 0 amide bonds. The molecule has 28 heavy (non-hydrogen) atoms. The molecule has 0 saturated heterocycles. The van der Waals surface area contributed by atoms with Crippen molar-refractivity contribution in [2.45, 2.75) is 31.4 Å². The summed E-state index contributed by atoms with van der Waals surface area (Å²) in [6.45, 7) is 1.74. The van der Waals surface area contributed by atoms with E-state index in [9.17, 15) is 12.8 Å². The van der Waals surface area contributed by atoms with E-state index in [0.29, 0.717) is 29.5 Å². The molecule has 1 saturated carbocycles. The minimum Gasteiger partial charge on any atom is -0.283 e. The average Bonchev–Trinajstić information content (AvgIpc) is 3.41. The van der Waals surface area contributed by atoms with Crippen molar-refractivity contribution in [3.8, 4) is 0 Å². The van der Waals surface area contributed by atoms with Gasteiger partial charge in [-0.25, -0.2) is 17.2 Å². The molecule has 1 aliphatic carbocycles. The van der Waals surface area contributed by atoms with E-state index in [2.05, 4.69) is 9.82 Å². The molecule has 1 aliphatic rings. The van der Waals surface area contributed by atoms with Gasteiger partial charge in [-0.1, -0.05) is 6.07 Å². The highest BCUT2D eigenvalue weighted by atomic mass is 127. The predicted octanol–water partition coefficient (Wildman–Crippen LogP) is 4.26. The van der Waals surface area contributed by atoms with E-state index in [1.807, 2.05) is 22.6 Å². The molecule has 1 N–H and O–H groups in total. The van der Waals surface area contributed by atoms with Crippen LogP contribution in [0.4, 0.5) is 14.5 Å². The number of sulfonamides is 1. The summed E-state index contributed by atoms with van der Waals surface area (Å²) < 4.78 is 59.5. The summed E-state index contributed by atoms with van der Waals surface area (Å²) in [4.78, 5) is 0. The number of hydrogen-bond acceptors (Lipinski definition) is 3. The Bertz CT molecular complexity index is 1200. The molecule has 3 aromatic rings. The summed E-state index contributed by atoms with van der Waals surface area (Å²) in [5.41, 5.74) is 1.42. The molecule has 0 unspecified atom stereocenters.